The highest BCUT2D eigenvalue weighted by molar-refractivity contribution is 7.89. The largest absolute Gasteiger partial charge is 0.317 e. The van der Waals surface area contributed by atoms with E-state index in [1.807, 2.05) is 0 Å². The molecule has 4 nitrogen and oxygen atoms in total. The van der Waals surface area contributed by atoms with Crippen LogP contribution in [0, 0.1) is 11.8 Å². The predicted molar refractivity (Wildman–Crippen MR) is 83.2 cm³/mol. The molecule has 2 fully saturated rings. The first-order valence-corrected chi connectivity index (χ1v) is 9.96. The molecule has 1 heterocycles. The average molecular weight is 302 g/mol. The van der Waals surface area contributed by atoms with Gasteiger partial charge in [0.15, 0.2) is 0 Å². The molecule has 2 N–H and O–H groups in total. The van der Waals surface area contributed by atoms with Gasteiger partial charge in [0, 0.05) is 6.04 Å². The van der Waals surface area contributed by atoms with E-state index in [0.29, 0.717) is 17.6 Å². The van der Waals surface area contributed by atoms with Gasteiger partial charge < -0.3 is 5.32 Å². The molecule has 2 rings (SSSR count). The lowest BCUT2D eigenvalue weighted by Crippen LogP contribution is -2.43. The van der Waals surface area contributed by atoms with Crippen LogP contribution in [-0.4, -0.2) is 33.3 Å². The van der Waals surface area contributed by atoms with Crippen molar-refractivity contribution in [3.8, 4) is 0 Å². The van der Waals surface area contributed by atoms with Gasteiger partial charge in [-0.3, -0.25) is 0 Å². The molecule has 2 aliphatic rings. The predicted octanol–water partition coefficient (Wildman–Crippen LogP) is 2.26. The van der Waals surface area contributed by atoms with Crippen LogP contribution in [0.5, 0.6) is 0 Å². The summed E-state index contributed by atoms with van der Waals surface area (Å²) in [6.07, 6.45) is 8.77. The zero-order valence-corrected chi connectivity index (χ0v) is 13.6. The number of piperidine rings is 1. The van der Waals surface area contributed by atoms with Crippen molar-refractivity contribution < 1.29 is 8.42 Å². The van der Waals surface area contributed by atoms with Crippen LogP contribution in [0.3, 0.4) is 0 Å². The maximum Gasteiger partial charge on any atom is 0.211 e. The van der Waals surface area contributed by atoms with Gasteiger partial charge in [-0.15, -0.1) is 0 Å². The average Bonchev–Trinajstić information content (AvgIpc) is 2.47. The summed E-state index contributed by atoms with van der Waals surface area (Å²) in [7, 11) is -3.09. The SMILES string of the molecule is CCC1CCCCC1NS(=O)(=O)CCC1CCNCC1. The van der Waals surface area contributed by atoms with Crippen molar-refractivity contribution in [2.75, 3.05) is 18.8 Å². The molecule has 2 unspecified atom stereocenters. The van der Waals surface area contributed by atoms with E-state index in [1.54, 1.807) is 0 Å². The standard InChI is InChI=1S/C15H30N2O2S/c1-2-14-5-3-4-6-15(14)17-20(18,19)12-9-13-7-10-16-11-8-13/h13-17H,2-12H2,1H3. The maximum atomic E-state index is 12.3. The van der Waals surface area contributed by atoms with E-state index < -0.39 is 10.0 Å². The Bertz CT molecular complexity index is 377. The highest BCUT2D eigenvalue weighted by atomic mass is 32.2. The van der Waals surface area contributed by atoms with Gasteiger partial charge in [0.05, 0.1) is 5.75 Å². The second-order valence-electron chi connectivity index (χ2n) is 6.48. The van der Waals surface area contributed by atoms with Gasteiger partial charge in [0.2, 0.25) is 10.0 Å². The molecule has 20 heavy (non-hydrogen) atoms. The molecule has 0 aromatic heterocycles. The van der Waals surface area contributed by atoms with Gasteiger partial charge in [-0.05, 0) is 57.0 Å². The minimum atomic E-state index is -3.09. The molecule has 118 valence electrons. The monoisotopic (exact) mass is 302 g/mol. The van der Waals surface area contributed by atoms with Crippen LogP contribution in [0.2, 0.25) is 0 Å². The summed E-state index contributed by atoms with van der Waals surface area (Å²) in [6.45, 7) is 4.25. The van der Waals surface area contributed by atoms with Gasteiger partial charge in [-0.2, -0.15) is 0 Å². The smallest absolute Gasteiger partial charge is 0.211 e. The number of rotatable bonds is 6. The van der Waals surface area contributed by atoms with Crippen LogP contribution in [0.4, 0.5) is 0 Å². The van der Waals surface area contributed by atoms with Crippen LogP contribution >= 0.6 is 0 Å². The highest BCUT2D eigenvalue weighted by Crippen LogP contribution is 2.27. The molecule has 0 radical (unpaired) electrons. The van der Waals surface area contributed by atoms with Crippen LogP contribution < -0.4 is 10.0 Å². The summed E-state index contributed by atoms with van der Waals surface area (Å²) >= 11 is 0. The Morgan fingerprint density at radius 1 is 1.10 bits per heavy atom. The number of sulfonamides is 1. The van der Waals surface area contributed by atoms with E-state index in [9.17, 15) is 8.42 Å². The summed E-state index contributed by atoms with van der Waals surface area (Å²) in [5.41, 5.74) is 0. The van der Waals surface area contributed by atoms with E-state index in [4.69, 9.17) is 0 Å². The normalized spacial score (nSPS) is 29.4. The summed E-state index contributed by atoms with van der Waals surface area (Å²) in [6, 6.07) is 0.187. The van der Waals surface area contributed by atoms with Crippen molar-refractivity contribution in [1.29, 1.82) is 0 Å². The lowest BCUT2D eigenvalue weighted by molar-refractivity contribution is 0.282. The summed E-state index contributed by atoms with van der Waals surface area (Å²) < 4.78 is 27.5. The fourth-order valence-corrected chi connectivity index (χ4v) is 5.17. The van der Waals surface area contributed by atoms with Gasteiger partial charge >= 0.3 is 0 Å². The molecule has 1 saturated heterocycles. The van der Waals surface area contributed by atoms with E-state index in [-0.39, 0.29) is 6.04 Å². The van der Waals surface area contributed by atoms with E-state index >= 15 is 0 Å². The third-order valence-corrected chi connectivity index (χ3v) is 6.45. The van der Waals surface area contributed by atoms with Gasteiger partial charge in [0.1, 0.15) is 0 Å². The molecular weight excluding hydrogens is 272 g/mol. The molecule has 1 saturated carbocycles. The number of hydrogen-bond donors (Lipinski definition) is 2. The molecule has 5 heteroatoms. The lowest BCUT2D eigenvalue weighted by atomic mass is 9.83. The first kappa shape index (κ1) is 16.2. The van der Waals surface area contributed by atoms with Gasteiger partial charge in [0.25, 0.3) is 0 Å². The first-order chi connectivity index (χ1) is 9.61. The van der Waals surface area contributed by atoms with E-state index in [0.717, 1.165) is 51.6 Å². The van der Waals surface area contributed by atoms with Crippen molar-refractivity contribution in [2.45, 2.75) is 64.3 Å². The first-order valence-electron chi connectivity index (χ1n) is 8.31. The van der Waals surface area contributed by atoms with E-state index in [2.05, 4.69) is 17.0 Å². The van der Waals surface area contributed by atoms with Crippen molar-refractivity contribution in [2.24, 2.45) is 11.8 Å². The van der Waals surface area contributed by atoms with Gasteiger partial charge in [-0.1, -0.05) is 26.2 Å². The Labute approximate surface area is 124 Å². The second-order valence-corrected chi connectivity index (χ2v) is 8.35. The summed E-state index contributed by atoms with van der Waals surface area (Å²) in [4.78, 5) is 0. The lowest BCUT2D eigenvalue weighted by Gasteiger charge is -2.31. The molecule has 0 amide bonds. The van der Waals surface area contributed by atoms with Crippen molar-refractivity contribution in [1.82, 2.24) is 10.0 Å². The maximum absolute atomic E-state index is 12.3. The Hall–Kier alpha value is -0.130. The fourth-order valence-electron chi connectivity index (χ4n) is 3.63. The molecule has 2 atom stereocenters. The molecule has 1 aliphatic heterocycles. The van der Waals surface area contributed by atoms with E-state index in [1.165, 1.54) is 12.8 Å². The molecule has 0 spiro atoms. The Morgan fingerprint density at radius 3 is 2.50 bits per heavy atom. The van der Waals surface area contributed by atoms with Crippen LogP contribution in [-0.2, 0) is 10.0 Å². The van der Waals surface area contributed by atoms with Crippen molar-refractivity contribution in [3.63, 3.8) is 0 Å². The Kier molecular flexibility index (Phi) is 6.30. The van der Waals surface area contributed by atoms with Crippen LogP contribution in [0.1, 0.15) is 58.3 Å². The van der Waals surface area contributed by atoms with Gasteiger partial charge in [-0.25, -0.2) is 13.1 Å². The topological polar surface area (TPSA) is 58.2 Å². The minimum Gasteiger partial charge on any atom is -0.317 e. The Balaban J connectivity index is 1.80. The van der Waals surface area contributed by atoms with Crippen LogP contribution in [0.15, 0.2) is 0 Å². The third-order valence-electron chi connectivity index (χ3n) is 5.02. The highest BCUT2D eigenvalue weighted by Gasteiger charge is 2.28. The minimum absolute atomic E-state index is 0.187. The Morgan fingerprint density at radius 2 is 1.80 bits per heavy atom. The number of hydrogen-bond acceptors (Lipinski definition) is 3. The molecular formula is C15H30N2O2S. The zero-order valence-electron chi connectivity index (χ0n) is 12.7. The van der Waals surface area contributed by atoms with Crippen molar-refractivity contribution in [3.05, 3.63) is 0 Å². The summed E-state index contributed by atoms with van der Waals surface area (Å²) in [5.74, 6) is 1.43. The molecule has 1 aliphatic carbocycles. The second kappa shape index (κ2) is 7.76. The fraction of sp³-hybridized carbons (Fsp3) is 1.00. The molecule has 0 bridgehead atoms. The summed E-state index contributed by atoms with van der Waals surface area (Å²) in [5, 5.41) is 3.33. The molecule has 0 aromatic rings. The van der Waals surface area contributed by atoms with Crippen molar-refractivity contribution >= 4 is 10.0 Å². The number of nitrogens with one attached hydrogen (secondary N) is 2. The quantitative estimate of drug-likeness (QED) is 0.791. The third kappa shape index (κ3) is 5.01. The van der Waals surface area contributed by atoms with Crippen LogP contribution in [0.25, 0.3) is 0 Å². The molecule has 0 aromatic carbocycles. The zero-order chi connectivity index (χ0) is 14.4.